The third kappa shape index (κ3) is 4.42. The van der Waals surface area contributed by atoms with E-state index < -0.39 is 5.97 Å². The summed E-state index contributed by atoms with van der Waals surface area (Å²) in [7, 11) is 0. The van der Waals surface area contributed by atoms with Crippen molar-refractivity contribution in [3.05, 3.63) is 77.4 Å². The minimum Gasteiger partial charge on any atom is -0.457 e. The lowest BCUT2D eigenvalue weighted by molar-refractivity contribution is -0.141. The molecule has 2 rings (SSSR count). The predicted molar refractivity (Wildman–Crippen MR) is 86.7 cm³/mol. The first kappa shape index (κ1) is 15.7. The van der Waals surface area contributed by atoms with Gasteiger partial charge in [0.25, 0.3) is 0 Å². The highest BCUT2D eigenvalue weighted by atomic mass is 16.5. The van der Waals surface area contributed by atoms with Crippen LogP contribution in [-0.4, -0.2) is 18.4 Å². The number of hydrogen-bond donors (Lipinski definition) is 0. The zero-order valence-corrected chi connectivity index (χ0v) is 12.5. The van der Waals surface area contributed by atoms with Crippen LogP contribution >= 0.6 is 0 Å². The molecule has 0 saturated heterocycles. The van der Waals surface area contributed by atoms with Crippen LogP contribution < -0.4 is 0 Å². The molecule has 0 bridgehead atoms. The van der Waals surface area contributed by atoms with Crippen molar-refractivity contribution < 1.29 is 14.3 Å². The molecule has 22 heavy (non-hydrogen) atoms. The SMILES string of the molecule is C=Cc1ccc(CC(=O)OCC(=O)c2ccc(C)cc2)cc1. The Balaban J connectivity index is 1.85. The first-order valence-corrected chi connectivity index (χ1v) is 7.05. The van der Waals surface area contributed by atoms with Gasteiger partial charge in [-0.3, -0.25) is 9.59 Å². The quantitative estimate of drug-likeness (QED) is 0.604. The Hall–Kier alpha value is -2.68. The van der Waals surface area contributed by atoms with Crippen LogP contribution in [0, 0.1) is 6.92 Å². The molecular weight excluding hydrogens is 276 g/mol. The maximum Gasteiger partial charge on any atom is 0.310 e. The van der Waals surface area contributed by atoms with Gasteiger partial charge in [-0.15, -0.1) is 0 Å². The molecule has 3 nitrogen and oxygen atoms in total. The second-order valence-corrected chi connectivity index (χ2v) is 5.07. The van der Waals surface area contributed by atoms with E-state index in [0.29, 0.717) is 5.56 Å². The number of ketones is 1. The van der Waals surface area contributed by atoms with Crippen molar-refractivity contribution in [2.75, 3.05) is 6.61 Å². The standard InChI is InChI=1S/C19H18O3/c1-3-15-6-8-16(9-7-15)12-19(21)22-13-18(20)17-10-4-14(2)5-11-17/h3-11H,1,12-13H2,2H3. The number of esters is 1. The summed E-state index contributed by atoms with van der Waals surface area (Å²) in [5, 5.41) is 0. The van der Waals surface area contributed by atoms with Crippen LogP contribution in [0.5, 0.6) is 0 Å². The van der Waals surface area contributed by atoms with E-state index >= 15 is 0 Å². The molecule has 0 fully saturated rings. The van der Waals surface area contributed by atoms with Gasteiger partial charge in [-0.2, -0.15) is 0 Å². The lowest BCUT2D eigenvalue weighted by atomic mass is 10.1. The van der Waals surface area contributed by atoms with Gasteiger partial charge in [-0.25, -0.2) is 0 Å². The van der Waals surface area contributed by atoms with Gasteiger partial charge in [0, 0.05) is 5.56 Å². The molecule has 0 N–H and O–H groups in total. The van der Waals surface area contributed by atoms with Crippen LogP contribution in [0.25, 0.3) is 6.08 Å². The van der Waals surface area contributed by atoms with Crippen molar-refractivity contribution in [2.45, 2.75) is 13.3 Å². The summed E-state index contributed by atoms with van der Waals surface area (Å²) in [6.07, 6.45) is 1.89. The Morgan fingerprint density at radius 2 is 1.68 bits per heavy atom. The second-order valence-electron chi connectivity index (χ2n) is 5.07. The van der Waals surface area contributed by atoms with Gasteiger partial charge in [0.2, 0.25) is 0 Å². The van der Waals surface area contributed by atoms with Crippen molar-refractivity contribution in [1.82, 2.24) is 0 Å². The fourth-order valence-electron chi connectivity index (χ4n) is 1.96. The molecular formula is C19H18O3. The lowest BCUT2D eigenvalue weighted by Crippen LogP contribution is -2.15. The van der Waals surface area contributed by atoms with Crippen molar-refractivity contribution in [2.24, 2.45) is 0 Å². The fraction of sp³-hybridized carbons (Fsp3) is 0.158. The van der Waals surface area contributed by atoms with Crippen LogP contribution in [0.4, 0.5) is 0 Å². The molecule has 0 amide bonds. The van der Waals surface area contributed by atoms with E-state index in [4.69, 9.17) is 4.74 Å². The molecule has 3 heteroatoms. The topological polar surface area (TPSA) is 43.4 Å². The summed E-state index contributed by atoms with van der Waals surface area (Å²) in [4.78, 5) is 23.7. The molecule has 0 aliphatic carbocycles. The van der Waals surface area contributed by atoms with Gasteiger partial charge >= 0.3 is 5.97 Å². The lowest BCUT2D eigenvalue weighted by Gasteiger charge is -2.05. The third-order valence-corrected chi connectivity index (χ3v) is 3.30. The van der Waals surface area contributed by atoms with E-state index in [1.807, 2.05) is 43.3 Å². The first-order chi connectivity index (χ1) is 10.6. The Morgan fingerprint density at radius 3 is 2.27 bits per heavy atom. The molecule has 0 unspecified atom stereocenters. The maximum absolute atomic E-state index is 11.9. The van der Waals surface area contributed by atoms with E-state index in [9.17, 15) is 9.59 Å². The summed E-state index contributed by atoms with van der Waals surface area (Å²) in [6, 6.07) is 14.6. The molecule has 0 aliphatic rings. The smallest absolute Gasteiger partial charge is 0.310 e. The van der Waals surface area contributed by atoms with Gasteiger partial charge in [0.05, 0.1) is 6.42 Å². The molecule has 0 atom stereocenters. The molecule has 0 saturated carbocycles. The average Bonchev–Trinajstić information content (AvgIpc) is 2.54. The van der Waals surface area contributed by atoms with Crippen molar-refractivity contribution in [3.63, 3.8) is 0 Å². The number of rotatable bonds is 6. The summed E-state index contributed by atoms with van der Waals surface area (Å²) in [6.45, 7) is 5.40. The minimum atomic E-state index is -0.410. The molecule has 0 aromatic heterocycles. The molecule has 0 spiro atoms. The van der Waals surface area contributed by atoms with Crippen molar-refractivity contribution >= 4 is 17.8 Å². The summed E-state index contributed by atoms with van der Waals surface area (Å²) in [5.74, 6) is -0.609. The van der Waals surface area contributed by atoms with Crippen molar-refractivity contribution in [3.8, 4) is 0 Å². The zero-order chi connectivity index (χ0) is 15.9. The van der Waals surface area contributed by atoms with E-state index in [1.165, 1.54) is 0 Å². The predicted octanol–water partition coefficient (Wildman–Crippen LogP) is 3.61. The number of ether oxygens (including phenoxy) is 1. The Labute approximate surface area is 130 Å². The number of Topliss-reactive ketones (excluding diaryl/α,β-unsaturated/α-hetero) is 1. The summed E-state index contributed by atoms with van der Waals surface area (Å²) >= 11 is 0. The number of carbonyl (C=O) groups excluding carboxylic acids is 2. The fourth-order valence-corrected chi connectivity index (χ4v) is 1.96. The van der Waals surface area contributed by atoms with Gasteiger partial charge in [0.15, 0.2) is 12.4 Å². The van der Waals surface area contributed by atoms with Crippen LogP contribution in [-0.2, 0) is 16.0 Å². The van der Waals surface area contributed by atoms with Crippen LogP contribution in [0.15, 0.2) is 55.1 Å². The highest BCUT2D eigenvalue weighted by Gasteiger charge is 2.10. The summed E-state index contributed by atoms with van der Waals surface area (Å²) in [5.41, 5.74) is 3.47. The summed E-state index contributed by atoms with van der Waals surface area (Å²) < 4.78 is 5.04. The first-order valence-electron chi connectivity index (χ1n) is 7.05. The Kier molecular flexibility index (Phi) is 5.26. The Bertz CT molecular complexity index is 667. The maximum atomic E-state index is 11.9. The highest BCUT2D eigenvalue weighted by molar-refractivity contribution is 5.98. The number of carbonyl (C=O) groups is 2. The molecule has 0 radical (unpaired) electrons. The van der Waals surface area contributed by atoms with Crippen LogP contribution in [0.1, 0.15) is 27.0 Å². The van der Waals surface area contributed by atoms with Crippen LogP contribution in [0.2, 0.25) is 0 Å². The molecule has 0 aliphatic heterocycles. The zero-order valence-electron chi connectivity index (χ0n) is 12.5. The molecule has 0 heterocycles. The monoisotopic (exact) mass is 294 g/mol. The molecule has 112 valence electrons. The minimum absolute atomic E-state index is 0.151. The third-order valence-electron chi connectivity index (χ3n) is 3.30. The Morgan fingerprint density at radius 1 is 1.05 bits per heavy atom. The van der Waals surface area contributed by atoms with E-state index in [1.54, 1.807) is 18.2 Å². The number of benzene rings is 2. The molecule has 2 aromatic rings. The van der Waals surface area contributed by atoms with E-state index in [2.05, 4.69) is 6.58 Å². The normalized spacial score (nSPS) is 10.0. The van der Waals surface area contributed by atoms with E-state index in [0.717, 1.165) is 16.7 Å². The molecule has 2 aromatic carbocycles. The van der Waals surface area contributed by atoms with Gasteiger partial charge in [0.1, 0.15) is 0 Å². The number of aryl methyl sites for hydroxylation is 1. The van der Waals surface area contributed by atoms with Crippen molar-refractivity contribution in [1.29, 1.82) is 0 Å². The number of hydrogen-bond acceptors (Lipinski definition) is 3. The van der Waals surface area contributed by atoms with Crippen LogP contribution in [0.3, 0.4) is 0 Å². The van der Waals surface area contributed by atoms with Gasteiger partial charge in [-0.1, -0.05) is 66.7 Å². The largest absolute Gasteiger partial charge is 0.457 e. The van der Waals surface area contributed by atoms with E-state index in [-0.39, 0.29) is 18.8 Å². The van der Waals surface area contributed by atoms with Gasteiger partial charge in [-0.05, 0) is 18.1 Å². The van der Waals surface area contributed by atoms with Gasteiger partial charge < -0.3 is 4.74 Å². The highest BCUT2D eigenvalue weighted by Crippen LogP contribution is 2.08. The average molecular weight is 294 g/mol. The second kappa shape index (κ2) is 7.36.